The predicted octanol–water partition coefficient (Wildman–Crippen LogP) is 3.28. The lowest BCUT2D eigenvalue weighted by Gasteiger charge is -2.24. The van der Waals surface area contributed by atoms with Crippen LogP contribution in [0.3, 0.4) is 0 Å². The first-order valence-electron chi connectivity index (χ1n) is 11.0. The minimum absolute atomic E-state index is 0.131. The number of carbonyl (C=O) groups is 1. The van der Waals surface area contributed by atoms with Gasteiger partial charge in [-0.3, -0.25) is 9.48 Å². The summed E-state index contributed by atoms with van der Waals surface area (Å²) in [5.41, 5.74) is 2.07. The van der Waals surface area contributed by atoms with E-state index in [9.17, 15) is 13.2 Å². The zero-order chi connectivity index (χ0) is 22.6. The maximum Gasteiger partial charge on any atom is 0.243 e. The van der Waals surface area contributed by atoms with Gasteiger partial charge in [-0.1, -0.05) is 13.8 Å². The van der Waals surface area contributed by atoms with E-state index in [0.717, 1.165) is 31.6 Å². The number of nitrogens with one attached hydrogen (secondary N) is 1. The van der Waals surface area contributed by atoms with E-state index >= 15 is 0 Å². The molecule has 1 aromatic carbocycles. The van der Waals surface area contributed by atoms with Gasteiger partial charge in [-0.25, -0.2) is 8.42 Å². The zero-order valence-corrected chi connectivity index (χ0v) is 19.7. The molecule has 1 N–H and O–H groups in total. The molecule has 1 amide bonds. The summed E-state index contributed by atoms with van der Waals surface area (Å²) in [4.78, 5) is 15.2. The lowest BCUT2D eigenvalue weighted by atomic mass is 10.2. The lowest BCUT2D eigenvalue weighted by Crippen LogP contribution is -2.31. The molecule has 2 aromatic rings. The van der Waals surface area contributed by atoms with E-state index < -0.39 is 10.0 Å². The SMILES string of the molecule is CCN(CC)S(=O)(=O)c1ccc(N2CCCC2)c(NC(=O)Cc2ccn(C(C)C)n2)c1. The average Bonchev–Trinajstić information content (AvgIpc) is 3.41. The number of sulfonamides is 1. The second-order valence-electron chi connectivity index (χ2n) is 8.07. The largest absolute Gasteiger partial charge is 0.370 e. The van der Waals surface area contributed by atoms with Crippen molar-refractivity contribution in [3.63, 3.8) is 0 Å². The monoisotopic (exact) mass is 447 g/mol. The molecule has 0 spiro atoms. The molecular weight excluding hydrogens is 414 g/mol. The fourth-order valence-corrected chi connectivity index (χ4v) is 5.33. The van der Waals surface area contributed by atoms with Crippen LogP contribution in [0, 0.1) is 0 Å². The number of anilines is 2. The number of hydrogen-bond acceptors (Lipinski definition) is 5. The normalized spacial score (nSPS) is 14.6. The maximum absolute atomic E-state index is 13.0. The smallest absolute Gasteiger partial charge is 0.243 e. The quantitative estimate of drug-likeness (QED) is 0.637. The van der Waals surface area contributed by atoms with Crippen LogP contribution in [0.5, 0.6) is 0 Å². The highest BCUT2D eigenvalue weighted by Gasteiger charge is 2.25. The predicted molar refractivity (Wildman–Crippen MR) is 123 cm³/mol. The minimum Gasteiger partial charge on any atom is -0.370 e. The maximum atomic E-state index is 13.0. The number of rotatable bonds is 9. The number of hydrogen-bond donors (Lipinski definition) is 1. The van der Waals surface area contributed by atoms with Gasteiger partial charge in [-0.15, -0.1) is 0 Å². The van der Waals surface area contributed by atoms with Gasteiger partial charge >= 0.3 is 0 Å². The molecule has 0 atom stereocenters. The summed E-state index contributed by atoms with van der Waals surface area (Å²) in [6, 6.07) is 7.10. The van der Waals surface area contributed by atoms with Gasteiger partial charge < -0.3 is 10.2 Å². The highest BCUT2D eigenvalue weighted by atomic mass is 32.2. The van der Waals surface area contributed by atoms with Crippen LogP contribution in [-0.4, -0.2) is 54.6 Å². The Balaban J connectivity index is 1.88. The molecule has 0 radical (unpaired) electrons. The molecule has 3 rings (SSSR count). The van der Waals surface area contributed by atoms with Crippen LogP contribution in [0.25, 0.3) is 0 Å². The van der Waals surface area contributed by atoms with Crippen molar-refractivity contribution in [1.29, 1.82) is 0 Å². The number of amides is 1. The number of nitrogens with zero attached hydrogens (tertiary/aromatic N) is 4. The van der Waals surface area contributed by atoms with E-state index in [4.69, 9.17) is 0 Å². The first kappa shape index (κ1) is 23.3. The fraction of sp³-hybridized carbons (Fsp3) is 0.545. The van der Waals surface area contributed by atoms with E-state index in [1.165, 1.54) is 4.31 Å². The molecular formula is C22H33N5O3S. The topological polar surface area (TPSA) is 87.5 Å². The van der Waals surface area contributed by atoms with Crippen molar-refractivity contribution >= 4 is 27.3 Å². The van der Waals surface area contributed by atoms with Crippen LogP contribution >= 0.6 is 0 Å². The van der Waals surface area contributed by atoms with Gasteiger partial charge in [0.05, 0.1) is 28.4 Å². The molecule has 31 heavy (non-hydrogen) atoms. The molecule has 2 heterocycles. The molecule has 1 aliphatic rings. The van der Waals surface area contributed by atoms with E-state index in [0.29, 0.717) is 24.5 Å². The summed E-state index contributed by atoms with van der Waals surface area (Å²) in [7, 11) is -3.62. The third-order valence-electron chi connectivity index (χ3n) is 5.57. The van der Waals surface area contributed by atoms with E-state index in [-0.39, 0.29) is 23.3 Å². The van der Waals surface area contributed by atoms with Gasteiger partial charge in [0.25, 0.3) is 0 Å². The van der Waals surface area contributed by atoms with Gasteiger partial charge in [0.15, 0.2) is 0 Å². The second kappa shape index (κ2) is 9.82. The van der Waals surface area contributed by atoms with Crippen LogP contribution < -0.4 is 10.2 Å². The van der Waals surface area contributed by atoms with Crippen LogP contribution in [0.1, 0.15) is 52.3 Å². The highest BCUT2D eigenvalue weighted by Crippen LogP contribution is 2.32. The summed E-state index contributed by atoms with van der Waals surface area (Å²) in [5.74, 6) is -0.216. The van der Waals surface area contributed by atoms with Gasteiger partial charge in [-0.05, 0) is 51.0 Å². The molecule has 1 aliphatic heterocycles. The summed E-state index contributed by atoms with van der Waals surface area (Å²) in [5, 5.41) is 7.39. The third kappa shape index (κ3) is 5.27. The second-order valence-corrected chi connectivity index (χ2v) is 10.0. The summed E-state index contributed by atoms with van der Waals surface area (Å²) in [6.07, 6.45) is 4.16. The van der Waals surface area contributed by atoms with Crippen molar-refractivity contribution in [1.82, 2.24) is 14.1 Å². The third-order valence-corrected chi connectivity index (χ3v) is 7.61. The molecule has 9 heteroatoms. The molecule has 8 nitrogen and oxygen atoms in total. The Bertz CT molecular complexity index is 1010. The molecule has 0 aliphatic carbocycles. The average molecular weight is 448 g/mol. The standard InChI is InChI=1S/C22H33N5O3S/c1-5-26(6-2)31(29,30)19-9-10-21(25-12-7-8-13-25)20(16-19)23-22(28)15-18-11-14-27(24-18)17(3)4/h9-11,14,16-17H,5-8,12-13,15H2,1-4H3,(H,23,28). The number of carbonyl (C=O) groups excluding carboxylic acids is 1. The van der Waals surface area contributed by atoms with Gasteiger partial charge in [-0.2, -0.15) is 9.40 Å². The Hall–Kier alpha value is -2.39. The highest BCUT2D eigenvalue weighted by molar-refractivity contribution is 7.89. The molecule has 0 bridgehead atoms. The fourth-order valence-electron chi connectivity index (χ4n) is 3.84. The van der Waals surface area contributed by atoms with Crippen molar-refractivity contribution in [2.24, 2.45) is 0 Å². The summed E-state index contributed by atoms with van der Waals surface area (Å²) < 4.78 is 29.3. The van der Waals surface area contributed by atoms with Crippen LogP contribution in [0.2, 0.25) is 0 Å². The first-order valence-corrected chi connectivity index (χ1v) is 12.4. The van der Waals surface area contributed by atoms with Gasteiger partial charge in [0, 0.05) is 38.4 Å². The Kier molecular flexibility index (Phi) is 7.38. The number of aromatic nitrogens is 2. The van der Waals surface area contributed by atoms with E-state index in [2.05, 4.69) is 15.3 Å². The van der Waals surface area contributed by atoms with Crippen LogP contribution in [-0.2, 0) is 21.2 Å². The summed E-state index contributed by atoms with van der Waals surface area (Å²) in [6.45, 7) is 10.3. The van der Waals surface area contributed by atoms with Crippen molar-refractivity contribution < 1.29 is 13.2 Å². The Morgan fingerprint density at radius 2 is 1.84 bits per heavy atom. The Morgan fingerprint density at radius 3 is 2.42 bits per heavy atom. The minimum atomic E-state index is -3.62. The van der Waals surface area contributed by atoms with Crippen molar-refractivity contribution in [3.8, 4) is 0 Å². The zero-order valence-electron chi connectivity index (χ0n) is 18.8. The molecule has 0 saturated carbocycles. The van der Waals surface area contributed by atoms with Gasteiger partial charge in [0.1, 0.15) is 0 Å². The molecule has 1 aromatic heterocycles. The molecule has 1 fully saturated rings. The summed E-state index contributed by atoms with van der Waals surface area (Å²) >= 11 is 0. The Labute approximate surface area is 185 Å². The number of benzene rings is 1. The van der Waals surface area contributed by atoms with Crippen LogP contribution in [0.15, 0.2) is 35.4 Å². The van der Waals surface area contributed by atoms with Crippen LogP contribution in [0.4, 0.5) is 11.4 Å². The van der Waals surface area contributed by atoms with Crippen molar-refractivity contribution in [2.75, 3.05) is 36.4 Å². The molecule has 1 saturated heterocycles. The van der Waals surface area contributed by atoms with Crippen molar-refractivity contribution in [2.45, 2.75) is 57.9 Å². The van der Waals surface area contributed by atoms with Crippen molar-refractivity contribution in [3.05, 3.63) is 36.2 Å². The molecule has 0 unspecified atom stereocenters. The first-order chi connectivity index (χ1) is 14.8. The van der Waals surface area contributed by atoms with E-state index in [1.54, 1.807) is 12.1 Å². The Morgan fingerprint density at radius 1 is 1.16 bits per heavy atom. The molecule has 170 valence electrons. The lowest BCUT2D eigenvalue weighted by molar-refractivity contribution is -0.115. The van der Waals surface area contributed by atoms with Gasteiger partial charge in [0.2, 0.25) is 15.9 Å². The van der Waals surface area contributed by atoms with E-state index in [1.807, 2.05) is 50.7 Å².